The van der Waals surface area contributed by atoms with E-state index in [9.17, 15) is 4.79 Å². The van der Waals surface area contributed by atoms with Gasteiger partial charge in [-0.25, -0.2) is 4.79 Å². The maximum absolute atomic E-state index is 12.0. The smallest absolute Gasteiger partial charge is 0.319 e. The minimum absolute atomic E-state index is 0.164. The molecule has 1 aliphatic heterocycles. The van der Waals surface area contributed by atoms with E-state index in [1.54, 1.807) is 0 Å². The van der Waals surface area contributed by atoms with Crippen molar-refractivity contribution < 1.29 is 14.3 Å². The molecule has 0 spiro atoms. The molecule has 5 nitrogen and oxygen atoms in total. The number of thioether (sulfide) groups is 1. The Balaban J connectivity index is 1.34. The molecule has 1 aromatic carbocycles. The van der Waals surface area contributed by atoms with Gasteiger partial charge in [0.15, 0.2) is 0 Å². The normalized spacial score (nSPS) is 20.6. The third kappa shape index (κ3) is 6.44. The monoisotopic (exact) mass is 364 g/mol. The molecule has 2 amide bonds. The van der Waals surface area contributed by atoms with E-state index < -0.39 is 0 Å². The van der Waals surface area contributed by atoms with Crippen molar-refractivity contribution in [2.45, 2.75) is 49.9 Å². The number of amides is 2. The highest BCUT2D eigenvalue weighted by molar-refractivity contribution is 7.99. The predicted octanol–water partition coefficient (Wildman–Crippen LogP) is 4.04. The molecule has 2 aliphatic rings. The number of urea groups is 1. The summed E-state index contributed by atoms with van der Waals surface area (Å²) in [5, 5.41) is 6.58. The summed E-state index contributed by atoms with van der Waals surface area (Å²) in [6.07, 6.45) is 7.73. The lowest BCUT2D eigenvalue weighted by Gasteiger charge is -2.13. The van der Waals surface area contributed by atoms with Gasteiger partial charge >= 0.3 is 6.03 Å². The molecule has 1 heterocycles. The van der Waals surface area contributed by atoms with E-state index in [2.05, 4.69) is 10.6 Å². The third-order valence-corrected chi connectivity index (χ3v) is 5.98. The topological polar surface area (TPSA) is 59.6 Å². The van der Waals surface area contributed by atoms with Gasteiger partial charge < -0.3 is 20.1 Å². The fourth-order valence-corrected chi connectivity index (χ4v) is 4.47. The van der Waals surface area contributed by atoms with Crippen LogP contribution >= 0.6 is 11.8 Å². The second kappa shape index (κ2) is 9.92. The number of rotatable bonds is 8. The Kier molecular flexibility index (Phi) is 7.30. The first-order valence-electron chi connectivity index (χ1n) is 9.30. The van der Waals surface area contributed by atoms with Crippen LogP contribution in [0.15, 0.2) is 24.3 Å². The average Bonchev–Trinajstić information content (AvgIpc) is 3.31. The zero-order valence-corrected chi connectivity index (χ0v) is 15.5. The number of carbonyl (C=O) groups is 1. The molecule has 1 saturated carbocycles. The molecule has 1 saturated heterocycles. The summed E-state index contributed by atoms with van der Waals surface area (Å²) in [5.74, 6) is 1.73. The minimum atomic E-state index is -0.164. The van der Waals surface area contributed by atoms with Crippen LogP contribution in [-0.2, 0) is 4.74 Å². The largest absolute Gasteiger partial charge is 0.491 e. The van der Waals surface area contributed by atoms with Crippen molar-refractivity contribution in [3.63, 3.8) is 0 Å². The van der Waals surface area contributed by atoms with Crippen LogP contribution in [0, 0.1) is 0 Å². The van der Waals surface area contributed by atoms with Crippen molar-refractivity contribution >= 4 is 23.5 Å². The predicted molar refractivity (Wildman–Crippen MR) is 103 cm³/mol. The number of nitrogens with one attached hydrogen (secondary N) is 2. The molecule has 1 aliphatic carbocycles. The van der Waals surface area contributed by atoms with E-state index in [1.165, 1.54) is 25.7 Å². The molecule has 0 radical (unpaired) electrons. The van der Waals surface area contributed by atoms with Gasteiger partial charge in [0.2, 0.25) is 0 Å². The first-order valence-corrected chi connectivity index (χ1v) is 10.4. The zero-order chi connectivity index (χ0) is 17.3. The molecule has 138 valence electrons. The number of carbonyl (C=O) groups excluding carboxylic acids is 1. The van der Waals surface area contributed by atoms with Gasteiger partial charge in [-0.2, -0.15) is 11.8 Å². The molecule has 25 heavy (non-hydrogen) atoms. The fraction of sp³-hybridized carbons (Fsp3) is 0.632. The van der Waals surface area contributed by atoms with Gasteiger partial charge in [-0.1, -0.05) is 18.9 Å². The van der Waals surface area contributed by atoms with Crippen molar-refractivity contribution in [1.82, 2.24) is 5.32 Å². The summed E-state index contributed by atoms with van der Waals surface area (Å²) >= 11 is 1.98. The maximum atomic E-state index is 12.0. The number of hydrogen-bond acceptors (Lipinski definition) is 4. The van der Waals surface area contributed by atoms with Crippen LogP contribution in [0.3, 0.4) is 0 Å². The van der Waals surface area contributed by atoms with Gasteiger partial charge in [0, 0.05) is 35.9 Å². The van der Waals surface area contributed by atoms with Gasteiger partial charge in [0.05, 0.1) is 6.10 Å². The molecule has 6 heteroatoms. The van der Waals surface area contributed by atoms with Crippen LogP contribution in [0.1, 0.15) is 38.5 Å². The Labute approximate surface area is 154 Å². The van der Waals surface area contributed by atoms with Gasteiger partial charge in [-0.3, -0.25) is 0 Å². The summed E-state index contributed by atoms with van der Waals surface area (Å²) in [6.45, 7) is 2.09. The first-order chi connectivity index (χ1) is 12.3. The summed E-state index contributed by atoms with van der Waals surface area (Å²) in [4.78, 5) is 12.0. The molecule has 0 bridgehead atoms. The van der Waals surface area contributed by atoms with Crippen molar-refractivity contribution in [1.29, 1.82) is 0 Å². The second-order valence-corrected chi connectivity index (χ2v) is 8.04. The van der Waals surface area contributed by atoms with Crippen LogP contribution in [0.25, 0.3) is 0 Å². The quantitative estimate of drug-likeness (QED) is 0.684. The Morgan fingerprint density at radius 2 is 2.12 bits per heavy atom. The van der Waals surface area contributed by atoms with Crippen LogP contribution in [-0.4, -0.2) is 42.9 Å². The minimum Gasteiger partial charge on any atom is -0.491 e. The van der Waals surface area contributed by atoms with Gasteiger partial charge in [-0.15, -0.1) is 0 Å². The molecule has 0 aromatic heterocycles. The van der Waals surface area contributed by atoms with E-state index in [-0.39, 0.29) is 12.1 Å². The second-order valence-electron chi connectivity index (χ2n) is 6.63. The zero-order valence-electron chi connectivity index (χ0n) is 14.7. The SMILES string of the molecule is O=C(NCCSC1CCCC1)Nc1cccc(OC[C@H]2CCCO2)c1. The molecule has 1 atom stereocenters. The molecule has 3 rings (SSSR count). The van der Waals surface area contributed by atoms with E-state index >= 15 is 0 Å². The Morgan fingerprint density at radius 1 is 1.24 bits per heavy atom. The van der Waals surface area contributed by atoms with Gasteiger partial charge in [0.25, 0.3) is 0 Å². The lowest BCUT2D eigenvalue weighted by atomic mass is 10.2. The summed E-state index contributed by atoms with van der Waals surface area (Å²) < 4.78 is 11.3. The van der Waals surface area contributed by atoms with Crippen molar-refractivity contribution in [3.05, 3.63) is 24.3 Å². The maximum Gasteiger partial charge on any atom is 0.319 e. The number of benzene rings is 1. The molecule has 0 unspecified atom stereocenters. The highest BCUT2D eigenvalue weighted by atomic mass is 32.2. The van der Waals surface area contributed by atoms with Crippen molar-refractivity contribution in [2.75, 3.05) is 30.8 Å². The van der Waals surface area contributed by atoms with Crippen LogP contribution in [0.2, 0.25) is 0 Å². The first kappa shape index (κ1) is 18.4. The van der Waals surface area contributed by atoms with Crippen molar-refractivity contribution in [3.8, 4) is 5.75 Å². The van der Waals surface area contributed by atoms with E-state index in [4.69, 9.17) is 9.47 Å². The van der Waals surface area contributed by atoms with Crippen LogP contribution < -0.4 is 15.4 Å². The van der Waals surface area contributed by atoms with E-state index in [1.807, 2.05) is 36.0 Å². The highest BCUT2D eigenvalue weighted by Crippen LogP contribution is 2.28. The lowest BCUT2D eigenvalue weighted by Crippen LogP contribution is -2.30. The summed E-state index contributed by atoms with van der Waals surface area (Å²) in [6, 6.07) is 7.34. The number of ether oxygens (including phenoxy) is 2. The van der Waals surface area contributed by atoms with Gasteiger partial charge in [-0.05, 0) is 37.8 Å². The Hall–Kier alpha value is -1.40. The third-order valence-electron chi connectivity index (χ3n) is 4.60. The molecule has 2 fully saturated rings. The lowest BCUT2D eigenvalue weighted by molar-refractivity contribution is 0.0680. The highest BCUT2D eigenvalue weighted by Gasteiger charge is 2.16. The van der Waals surface area contributed by atoms with Crippen LogP contribution in [0.4, 0.5) is 10.5 Å². The van der Waals surface area contributed by atoms with Gasteiger partial charge in [0.1, 0.15) is 12.4 Å². The molecular formula is C19H28N2O3S. The molecule has 1 aromatic rings. The fourth-order valence-electron chi connectivity index (χ4n) is 3.25. The van der Waals surface area contributed by atoms with E-state index in [0.29, 0.717) is 13.2 Å². The summed E-state index contributed by atoms with van der Waals surface area (Å²) in [7, 11) is 0. The number of hydrogen-bond donors (Lipinski definition) is 2. The Bertz CT molecular complexity index is 543. The molecular weight excluding hydrogens is 336 g/mol. The Morgan fingerprint density at radius 3 is 2.92 bits per heavy atom. The van der Waals surface area contributed by atoms with Crippen molar-refractivity contribution in [2.24, 2.45) is 0 Å². The molecule has 2 N–H and O–H groups in total. The average molecular weight is 365 g/mol. The summed E-state index contributed by atoms with van der Waals surface area (Å²) in [5.41, 5.74) is 0.741. The van der Waals surface area contributed by atoms with Crippen LogP contribution in [0.5, 0.6) is 5.75 Å². The van der Waals surface area contributed by atoms with E-state index in [0.717, 1.165) is 41.9 Å². The standard InChI is InChI=1S/C19H28N2O3S/c22-19(20-10-12-25-18-8-1-2-9-18)21-15-5-3-6-16(13-15)24-14-17-7-4-11-23-17/h3,5-6,13,17-18H,1-2,4,7-12,14H2,(H2,20,21,22)/t17-/m1/s1. The number of anilines is 1.